The van der Waals surface area contributed by atoms with Crippen LogP contribution in [0.1, 0.15) is 40.0 Å². The molecule has 2 aliphatic rings. The second kappa shape index (κ2) is 7.68. The SMILES string of the molecule is CC(C)(C)NC(=O)C(=O)NCC1CCN(C2CCSC2)CC1. The van der Waals surface area contributed by atoms with Gasteiger partial charge in [-0.05, 0) is 64.8 Å². The zero-order chi connectivity index (χ0) is 16.2. The van der Waals surface area contributed by atoms with Crippen LogP contribution in [0.15, 0.2) is 0 Å². The molecular weight excluding hydrogens is 298 g/mol. The van der Waals surface area contributed by atoms with Crippen LogP contribution in [0, 0.1) is 5.92 Å². The molecule has 5 nitrogen and oxygen atoms in total. The Morgan fingerprint density at radius 1 is 1.14 bits per heavy atom. The summed E-state index contributed by atoms with van der Waals surface area (Å²) in [4.78, 5) is 26.1. The molecule has 0 radical (unpaired) electrons. The van der Waals surface area contributed by atoms with Crippen molar-refractivity contribution in [1.29, 1.82) is 0 Å². The lowest BCUT2D eigenvalue weighted by Crippen LogP contribution is -2.49. The minimum absolute atomic E-state index is 0.376. The Morgan fingerprint density at radius 2 is 1.82 bits per heavy atom. The van der Waals surface area contributed by atoms with Crippen LogP contribution in [-0.4, -0.2) is 59.4 Å². The number of rotatable bonds is 3. The van der Waals surface area contributed by atoms with Crippen LogP contribution >= 0.6 is 11.8 Å². The standard InChI is InChI=1S/C16H29N3O2S/c1-16(2,3)18-15(21)14(20)17-10-12-4-7-19(8-5-12)13-6-9-22-11-13/h12-13H,4-11H2,1-3H3,(H,17,20)(H,18,21). The maximum absolute atomic E-state index is 11.8. The van der Waals surface area contributed by atoms with Crippen LogP contribution in [0.25, 0.3) is 0 Å². The van der Waals surface area contributed by atoms with Gasteiger partial charge in [-0.25, -0.2) is 0 Å². The first-order chi connectivity index (χ1) is 10.3. The molecule has 0 aromatic carbocycles. The smallest absolute Gasteiger partial charge is 0.309 e. The van der Waals surface area contributed by atoms with Crippen LogP contribution < -0.4 is 10.6 Å². The van der Waals surface area contributed by atoms with E-state index in [1.165, 1.54) is 17.9 Å². The average Bonchev–Trinajstić information content (AvgIpc) is 2.97. The van der Waals surface area contributed by atoms with Crippen molar-refractivity contribution in [1.82, 2.24) is 15.5 Å². The summed E-state index contributed by atoms with van der Waals surface area (Å²) in [6.45, 7) is 8.48. The second-order valence-corrected chi connectivity index (χ2v) is 8.56. The Morgan fingerprint density at radius 3 is 2.36 bits per heavy atom. The fourth-order valence-corrected chi connectivity index (χ4v) is 4.30. The van der Waals surface area contributed by atoms with Gasteiger partial charge in [0.1, 0.15) is 0 Å². The molecule has 126 valence electrons. The molecule has 2 amide bonds. The monoisotopic (exact) mass is 327 g/mol. The van der Waals surface area contributed by atoms with Gasteiger partial charge < -0.3 is 10.6 Å². The highest BCUT2D eigenvalue weighted by molar-refractivity contribution is 7.99. The number of piperidine rings is 1. The highest BCUT2D eigenvalue weighted by Crippen LogP contribution is 2.26. The molecule has 0 spiro atoms. The van der Waals surface area contributed by atoms with E-state index in [1.807, 2.05) is 20.8 Å². The quantitative estimate of drug-likeness (QED) is 0.766. The Balaban J connectivity index is 1.66. The molecule has 0 saturated carbocycles. The molecule has 2 heterocycles. The molecule has 0 aromatic heterocycles. The van der Waals surface area contributed by atoms with Crippen molar-refractivity contribution in [2.24, 2.45) is 5.92 Å². The van der Waals surface area contributed by atoms with Gasteiger partial charge in [0.15, 0.2) is 0 Å². The van der Waals surface area contributed by atoms with E-state index >= 15 is 0 Å². The summed E-state index contributed by atoms with van der Waals surface area (Å²) >= 11 is 2.06. The molecule has 22 heavy (non-hydrogen) atoms. The van der Waals surface area contributed by atoms with E-state index in [-0.39, 0.29) is 5.54 Å². The number of amides is 2. The fraction of sp³-hybridized carbons (Fsp3) is 0.875. The topological polar surface area (TPSA) is 61.4 Å². The highest BCUT2D eigenvalue weighted by atomic mass is 32.2. The van der Waals surface area contributed by atoms with Crippen LogP contribution in [0.5, 0.6) is 0 Å². The zero-order valence-corrected chi connectivity index (χ0v) is 14.8. The van der Waals surface area contributed by atoms with Gasteiger partial charge in [0, 0.05) is 23.9 Å². The summed E-state index contributed by atoms with van der Waals surface area (Å²) in [6.07, 6.45) is 3.55. The van der Waals surface area contributed by atoms with Gasteiger partial charge in [0.05, 0.1) is 0 Å². The average molecular weight is 327 g/mol. The first kappa shape index (κ1) is 17.6. The summed E-state index contributed by atoms with van der Waals surface area (Å²) in [7, 11) is 0. The van der Waals surface area contributed by atoms with Crippen LogP contribution in [0.3, 0.4) is 0 Å². The predicted molar refractivity (Wildman–Crippen MR) is 90.9 cm³/mol. The molecule has 2 aliphatic heterocycles. The van der Waals surface area contributed by atoms with Gasteiger partial charge in [-0.15, -0.1) is 0 Å². The van der Waals surface area contributed by atoms with E-state index < -0.39 is 11.8 Å². The number of nitrogens with one attached hydrogen (secondary N) is 2. The van der Waals surface area contributed by atoms with Gasteiger partial charge in [-0.1, -0.05) is 0 Å². The molecule has 2 saturated heterocycles. The Labute approximate surface area is 138 Å². The third-order valence-electron chi connectivity index (χ3n) is 4.32. The minimum Gasteiger partial charge on any atom is -0.348 e. The van der Waals surface area contributed by atoms with Crippen LogP contribution in [0.4, 0.5) is 0 Å². The number of carbonyl (C=O) groups excluding carboxylic acids is 2. The Hall–Kier alpha value is -0.750. The molecule has 2 fully saturated rings. The summed E-state index contributed by atoms with van der Waals surface area (Å²) in [6, 6.07) is 0.762. The fourth-order valence-electron chi connectivity index (χ4n) is 3.05. The van der Waals surface area contributed by atoms with Crippen LogP contribution in [-0.2, 0) is 9.59 Å². The van der Waals surface area contributed by atoms with E-state index in [2.05, 4.69) is 27.3 Å². The van der Waals surface area contributed by atoms with Crippen molar-refractivity contribution in [2.45, 2.75) is 51.6 Å². The number of hydrogen-bond acceptors (Lipinski definition) is 4. The van der Waals surface area contributed by atoms with E-state index in [0.717, 1.165) is 32.0 Å². The molecule has 0 aliphatic carbocycles. The Bertz CT molecular complexity index is 395. The maximum atomic E-state index is 11.8. The van der Waals surface area contributed by atoms with Gasteiger partial charge in [-0.3, -0.25) is 14.5 Å². The van der Waals surface area contributed by atoms with Crippen molar-refractivity contribution >= 4 is 23.6 Å². The van der Waals surface area contributed by atoms with Crippen molar-refractivity contribution < 1.29 is 9.59 Å². The van der Waals surface area contributed by atoms with Gasteiger partial charge in [0.25, 0.3) is 0 Å². The number of carbonyl (C=O) groups is 2. The van der Waals surface area contributed by atoms with Gasteiger partial charge in [0.2, 0.25) is 0 Å². The highest BCUT2D eigenvalue weighted by Gasteiger charge is 2.28. The summed E-state index contributed by atoms with van der Waals surface area (Å²) in [5, 5.41) is 5.47. The van der Waals surface area contributed by atoms with Crippen molar-refractivity contribution in [3.8, 4) is 0 Å². The molecular formula is C16H29N3O2S. The zero-order valence-electron chi connectivity index (χ0n) is 14.0. The molecule has 6 heteroatoms. The van der Waals surface area contributed by atoms with E-state index in [0.29, 0.717) is 12.5 Å². The summed E-state index contributed by atoms with van der Waals surface area (Å²) in [5.74, 6) is 2.02. The molecule has 0 aromatic rings. The third-order valence-corrected chi connectivity index (χ3v) is 5.46. The molecule has 1 atom stereocenters. The van der Waals surface area contributed by atoms with E-state index in [1.54, 1.807) is 0 Å². The predicted octanol–water partition coefficient (Wildman–Crippen LogP) is 1.23. The minimum atomic E-state index is -0.534. The Kier molecular flexibility index (Phi) is 6.15. The molecule has 2 N–H and O–H groups in total. The van der Waals surface area contributed by atoms with Gasteiger partial charge >= 0.3 is 11.8 Å². The first-order valence-electron chi connectivity index (χ1n) is 8.27. The van der Waals surface area contributed by atoms with E-state index in [4.69, 9.17) is 0 Å². The number of nitrogens with zero attached hydrogens (tertiary/aromatic N) is 1. The normalized spacial score (nSPS) is 24.2. The largest absolute Gasteiger partial charge is 0.348 e. The molecule has 2 rings (SSSR count). The lowest BCUT2D eigenvalue weighted by atomic mass is 9.95. The van der Waals surface area contributed by atoms with E-state index in [9.17, 15) is 9.59 Å². The van der Waals surface area contributed by atoms with Crippen molar-refractivity contribution in [3.05, 3.63) is 0 Å². The molecule has 1 unspecified atom stereocenters. The summed E-state index contributed by atoms with van der Waals surface area (Å²) in [5.41, 5.74) is -0.376. The number of likely N-dealkylation sites (tertiary alicyclic amines) is 1. The summed E-state index contributed by atoms with van der Waals surface area (Å²) < 4.78 is 0. The molecule has 0 bridgehead atoms. The van der Waals surface area contributed by atoms with Crippen molar-refractivity contribution in [3.63, 3.8) is 0 Å². The number of thioether (sulfide) groups is 1. The van der Waals surface area contributed by atoms with Gasteiger partial charge in [-0.2, -0.15) is 11.8 Å². The number of hydrogen-bond donors (Lipinski definition) is 2. The maximum Gasteiger partial charge on any atom is 0.309 e. The lowest BCUT2D eigenvalue weighted by molar-refractivity contribution is -0.140. The third kappa shape index (κ3) is 5.47. The van der Waals surface area contributed by atoms with Crippen LogP contribution in [0.2, 0.25) is 0 Å². The van der Waals surface area contributed by atoms with Crippen molar-refractivity contribution in [2.75, 3.05) is 31.1 Å². The first-order valence-corrected chi connectivity index (χ1v) is 9.43. The lowest BCUT2D eigenvalue weighted by Gasteiger charge is -2.35. The second-order valence-electron chi connectivity index (χ2n) is 7.41.